The SMILES string of the molecule is CCCC=CCCc1ccc(-c2ccc(-c3cc(F)c(C(F)(F)Oc4cc(F)c(-c5cc(F)c(OC(F)(F)F)c(F)c5)c(Cl)c4)c(F)c3)c(F)c2)cc1. The van der Waals surface area contributed by atoms with Crippen LogP contribution in [0.25, 0.3) is 33.4 Å². The van der Waals surface area contributed by atoms with Gasteiger partial charge in [0.15, 0.2) is 11.6 Å². The predicted molar refractivity (Wildman–Crippen MR) is 178 cm³/mol. The smallest absolute Gasteiger partial charge is 0.429 e. The molecule has 0 spiro atoms. The van der Waals surface area contributed by atoms with Crippen molar-refractivity contribution >= 4 is 11.6 Å². The molecule has 5 aromatic carbocycles. The third-order valence-electron chi connectivity index (χ3n) is 7.89. The molecule has 0 aliphatic rings. The van der Waals surface area contributed by atoms with E-state index >= 15 is 26.3 Å². The number of hydrogen-bond acceptors (Lipinski definition) is 2. The van der Waals surface area contributed by atoms with Crippen molar-refractivity contribution in [1.82, 2.24) is 0 Å². The highest BCUT2D eigenvalue weighted by atomic mass is 35.5. The summed E-state index contributed by atoms with van der Waals surface area (Å²) in [6.45, 7) is 2.09. The van der Waals surface area contributed by atoms with Crippen molar-refractivity contribution in [3.05, 3.63) is 142 Å². The fraction of sp³-hybridized carbons (Fsp3) is 0.179. The van der Waals surface area contributed by atoms with Crippen LogP contribution in [0.5, 0.6) is 11.5 Å². The number of unbranched alkanes of at least 4 members (excludes halogenated alkanes) is 1. The summed E-state index contributed by atoms with van der Waals surface area (Å²) in [4.78, 5) is 0. The molecule has 0 N–H and O–H groups in total. The van der Waals surface area contributed by atoms with Gasteiger partial charge in [0.25, 0.3) is 0 Å². The van der Waals surface area contributed by atoms with Crippen molar-refractivity contribution in [1.29, 1.82) is 0 Å². The Kier molecular flexibility index (Phi) is 11.8. The summed E-state index contributed by atoms with van der Waals surface area (Å²) in [6.07, 6.45) is -2.29. The number of rotatable bonds is 12. The standard InChI is InChI=1S/C39H26ClF11O2/c1-2-3-4-5-6-7-21-8-10-22(11-9-21)23-12-13-27(29(41)14-23)24-15-31(43)36(32(44)16-24)38(47,48)52-26-19-28(40)35(30(42)20-26)25-17-33(45)37(34(46)18-25)53-39(49,50)51/h4-5,8-20H,2-3,6-7H2,1H3. The van der Waals surface area contributed by atoms with Crippen molar-refractivity contribution in [2.45, 2.75) is 45.1 Å². The molecule has 53 heavy (non-hydrogen) atoms. The molecule has 0 amide bonds. The normalized spacial score (nSPS) is 12.1. The summed E-state index contributed by atoms with van der Waals surface area (Å²) in [5.41, 5.74) is -2.01. The monoisotopic (exact) mass is 770 g/mol. The molecule has 0 bridgehead atoms. The van der Waals surface area contributed by atoms with Crippen molar-refractivity contribution in [3.63, 3.8) is 0 Å². The van der Waals surface area contributed by atoms with Crippen LogP contribution < -0.4 is 9.47 Å². The van der Waals surface area contributed by atoms with Crippen LogP contribution in [0, 0.1) is 34.9 Å². The van der Waals surface area contributed by atoms with Gasteiger partial charge in [-0.1, -0.05) is 73.5 Å². The van der Waals surface area contributed by atoms with Gasteiger partial charge in [-0.25, -0.2) is 26.3 Å². The Balaban J connectivity index is 1.35. The Hall–Kier alpha value is -5.04. The van der Waals surface area contributed by atoms with Crippen molar-refractivity contribution < 1.29 is 57.8 Å². The topological polar surface area (TPSA) is 18.5 Å². The van der Waals surface area contributed by atoms with Gasteiger partial charge in [0.2, 0.25) is 5.75 Å². The molecule has 278 valence electrons. The maximum absolute atomic E-state index is 15.2. The number of allylic oxidation sites excluding steroid dienone is 2. The van der Waals surface area contributed by atoms with Gasteiger partial charge in [-0.2, -0.15) is 8.78 Å². The third kappa shape index (κ3) is 9.31. The number of halogens is 12. The molecule has 0 aliphatic carbocycles. The second-order valence-corrected chi connectivity index (χ2v) is 12.1. The van der Waals surface area contributed by atoms with Crippen LogP contribution in [-0.4, -0.2) is 6.36 Å². The number of aryl methyl sites for hydroxylation is 1. The van der Waals surface area contributed by atoms with E-state index in [1.165, 1.54) is 12.1 Å². The summed E-state index contributed by atoms with van der Waals surface area (Å²) in [6, 6.07) is 13.5. The van der Waals surface area contributed by atoms with Gasteiger partial charge in [0.05, 0.1) is 5.02 Å². The lowest BCUT2D eigenvalue weighted by Crippen LogP contribution is -2.25. The van der Waals surface area contributed by atoms with Crippen LogP contribution in [0.3, 0.4) is 0 Å². The van der Waals surface area contributed by atoms with Crippen LogP contribution >= 0.6 is 11.6 Å². The highest BCUT2D eigenvalue weighted by molar-refractivity contribution is 6.33. The highest BCUT2D eigenvalue weighted by Crippen LogP contribution is 2.42. The van der Waals surface area contributed by atoms with Crippen molar-refractivity contribution in [2.75, 3.05) is 0 Å². The maximum atomic E-state index is 15.2. The van der Waals surface area contributed by atoms with Crippen LogP contribution in [0.2, 0.25) is 5.02 Å². The molecule has 0 unspecified atom stereocenters. The first-order valence-electron chi connectivity index (χ1n) is 15.8. The molecule has 0 radical (unpaired) electrons. The van der Waals surface area contributed by atoms with Crippen LogP contribution in [-0.2, 0) is 12.5 Å². The fourth-order valence-corrected chi connectivity index (χ4v) is 5.76. The van der Waals surface area contributed by atoms with E-state index in [-0.39, 0.29) is 23.8 Å². The van der Waals surface area contributed by atoms with E-state index in [2.05, 4.69) is 28.5 Å². The highest BCUT2D eigenvalue weighted by Gasteiger charge is 2.42. The largest absolute Gasteiger partial charge is 0.573 e. The van der Waals surface area contributed by atoms with Gasteiger partial charge in [0, 0.05) is 17.2 Å². The summed E-state index contributed by atoms with van der Waals surface area (Å²) >= 11 is 5.94. The molecule has 0 heterocycles. The molecule has 0 fully saturated rings. The Morgan fingerprint density at radius 2 is 1.15 bits per heavy atom. The minimum Gasteiger partial charge on any atom is -0.429 e. The Bertz CT molecular complexity index is 2080. The molecule has 14 heteroatoms. The summed E-state index contributed by atoms with van der Waals surface area (Å²) < 4.78 is 164. The van der Waals surface area contributed by atoms with E-state index in [0.29, 0.717) is 29.3 Å². The van der Waals surface area contributed by atoms with E-state index in [0.717, 1.165) is 37.3 Å². The summed E-state index contributed by atoms with van der Waals surface area (Å²) in [5.74, 6) is -12.8. The van der Waals surface area contributed by atoms with Gasteiger partial charge in [0.1, 0.15) is 34.6 Å². The van der Waals surface area contributed by atoms with E-state index in [1.807, 2.05) is 12.1 Å². The predicted octanol–water partition coefficient (Wildman–Crippen LogP) is 13.5. The lowest BCUT2D eigenvalue weighted by molar-refractivity contribution is -0.276. The second kappa shape index (κ2) is 15.9. The van der Waals surface area contributed by atoms with E-state index in [1.54, 1.807) is 12.1 Å². The molecule has 0 saturated heterocycles. The third-order valence-corrected chi connectivity index (χ3v) is 8.19. The van der Waals surface area contributed by atoms with Crippen molar-refractivity contribution in [3.8, 4) is 44.9 Å². The quantitative estimate of drug-likeness (QED) is 0.0929. The van der Waals surface area contributed by atoms with Gasteiger partial charge in [-0.05, 0) is 83.5 Å². The minimum atomic E-state index is -5.46. The van der Waals surface area contributed by atoms with Gasteiger partial charge < -0.3 is 9.47 Å². The molecule has 5 aromatic rings. The molecule has 2 nitrogen and oxygen atoms in total. The first-order chi connectivity index (χ1) is 25.0. The second-order valence-electron chi connectivity index (χ2n) is 11.7. The Morgan fingerprint density at radius 1 is 0.585 bits per heavy atom. The average Bonchev–Trinajstić information content (AvgIpc) is 3.05. The van der Waals surface area contributed by atoms with Gasteiger partial charge in [-0.15, -0.1) is 13.2 Å². The Morgan fingerprint density at radius 3 is 1.72 bits per heavy atom. The minimum absolute atomic E-state index is 0.242. The zero-order valence-electron chi connectivity index (χ0n) is 27.3. The molecule has 5 rings (SSSR count). The lowest BCUT2D eigenvalue weighted by Gasteiger charge is -2.21. The zero-order valence-corrected chi connectivity index (χ0v) is 28.1. The average molecular weight is 771 g/mol. The van der Waals surface area contributed by atoms with Crippen molar-refractivity contribution in [2.24, 2.45) is 0 Å². The Labute approximate surface area is 301 Å². The summed E-state index contributed by atoms with van der Waals surface area (Å²) in [5, 5.41) is -0.819. The fourth-order valence-electron chi connectivity index (χ4n) is 5.45. The van der Waals surface area contributed by atoms with Gasteiger partial charge >= 0.3 is 12.5 Å². The molecule has 0 atom stereocenters. The van der Waals surface area contributed by atoms with E-state index < -0.39 is 86.1 Å². The zero-order chi connectivity index (χ0) is 38.7. The molecular weight excluding hydrogens is 745 g/mol. The van der Waals surface area contributed by atoms with Gasteiger partial charge in [-0.3, -0.25) is 0 Å². The van der Waals surface area contributed by atoms with Crippen LogP contribution in [0.15, 0.2) is 91.0 Å². The molecule has 0 aromatic heterocycles. The number of hydrogen-bond donors (Lipinski definition) is 0. The molecule has 0 aliphatic heterocycles. The number of benzene rings is 5. The summed E-state index contributed by atoms with van der Waals surface area (Å²) in [7, 11) is 0. The van der Waals surface area contributed by atoms with E-state index in [4.69, 9.17) is 11.6 Å². The first kappa shape index (κ1) is 39.2. The maximum Gasteiger partial charge on any atom is 0.573 e. The lowest BCUT2D eigenvalue weighted by atomic mass is 9.97. The number of alkyl halides is 5. The van der Waals surface area contributed by atoms with Crippen LogP contribution in [0.4, 0.5) is 48.3 Å². The first-order valence-corrected chi connectivity index (χ1v) is 16.2. The molecule has 0 saturated carbocycles. The van der Waals surface area contributed by atoms with Crippen LogP contribution in [0.1, 0.15) is 37.3 Å². The number of ether oxygens (including phenoxy) is 2. The van der Waals surface area contributed by atoms with E-state index in [9.17, 15) is 22.0 Å². The molecular formula is C39H26ClF11O2.